The molecule has 2 heterocycles. The summed E-state index contributed by atoms with van der Waals surface area (Å²) >= 11 is 13.6. The van der Waals surface area contributed by atoms with Gasteiger partial charge in [-0.2, -0.15) is 0 Å². The fourth-order valence-corrected chi connectivity index (χ4v) is 4.87. The summed E-state index contributed by atoms with van der Waals surface area (Å²) in [7, 11) is 0. The van der Waals surface area contributed by atoms with Crippen molar-refractivity contribution in [1.82, 2.24) is 14.8 Å². The summed E-state index contributed by atoms with van der Waals surface area (Å²) in [6.45, 7) is 8.82. The summed E-state index contributed by atoms with van der Waals surface area (Å²) in [5, 5.41) is 1.91. The smallest absolute Gasteiger partial charge is 0.265 e. The molecule has 146 valence electrons. The molecular weight excluding hydrogens is 401 g/mol. The highest BCUT2D eigenvalue weighted by molar-refractivity contribution is 7.17. The maximum atomic E-state index is 13.1. The molecule has 1 amide bonds. The first-order valence-corrected chi connectivity index (χ1v) is 11.0. The molecule has 3 rings (SSSR count). The lowest BCUT2D eigenvalue weighted by atomic mass is 10.2. The van der Waals surface area contributed by atoms with E-state index in [9.17, 15) is 4.79 Å². The van der Waals surface area contributed by atoms with Crippen LogP contribution in [0, 0.1) is 6.92 Å². The lowest BCUT2D eigenvalue weighted by Gasteiger charge is -2.21. The van der Waals surface area contributed by atoms with E-state index in [2.05, 4.69) is 16.8 Å². The Morgan fingerprint density at radius 3 is 2.59 bits per heavy atom. The number of thiazole rings is 1. The molecular formula is C20H25Cl2N3OS. The number of benzene rings is 1. The van der Waals surface area contributed by atoms with E-state index in [4.69, 9.17) is 23.2 Å². The quantitative estimate of drug-likeness (QED) is 0.645. The van der Waals surface area contributed by atoms with Gasteiger partial charge in [0.15, 0.2) is 0 Å². The summed E-state index contributed by atoms with van der Waals surface area (Å²) < 4.78 is 0. The standard InChI is InChI=1S/C20H25Cl2N3OS/c1-3-4-6-24-7-5-8-25(10-9-24)20(26)18-14(2)23-19(27-18)15-11-16(21)13-17(22)12-15/h11-13H,3-10H2,1-2H3. The second-order valence-electron chi connectivity index (χ2n) is 6.93. The van der Waals surface area contributed by atoms with Gasteiger partial charge in [0.05, 0.1) is 5.69 Å². The Morgan fingerprint density at radius 2 is 1.89 bits per heavy atom. The highest BCUT2D eigenvalue weighted by atomic mass is 35.5. The molecule has 1 aromatic carbocycles. The van der Waals surface area contributed by atoms with E-state index in [0.717, 1.165) is 55.4 Å². The first-order valence-electron chi connectivity index (χ1n) is 9.43. The summed E-state index contributed by atoms with van der Waals surface area (Å²) in [5.41, 5.74) is 1.62. The summed E-state index contributed by atoms with van der Waals surface area (Å²) in [4.78, 5) is 22.9. The number of unbranched alkanes of at least 4 members (excludes halogenated alkanes) is 1. The number of hydrogen-bond acceptors (Lipinski definition) is 4. The van der Waals surface area contributed by atoms with Gasteiger partial charge in [-0.1, -0.05) is 36.5 Å². The van der Waals surface area contributed by atoms with Gasteiger partial charge in [-0.05, 0) is 51.1 Å². The van der Waals surface area contributed by atoms with Crippen molar-refractivity contribution in [2.75, 3.05) is 32.7 Å². The zero-order valence-electron chi connectivity index (χ0n) is 15.8. The van der Waals surface area contributed by atoms with Crippen molar-refractivity contribution in [1.29, 1.82) is 0 Å². The molecule has 27 heavy (non-hydrogen) atoms. The van der Waals surface area contributed by atoms with Gasteiger partial charge < -0.3 is 9.80 Å². The second-order valence-corrected chi connectivity index (χ2v) is 8.80. The summed E-state index contributed by atoms with van der Waals surface area (Å²) in [6, 6.07) is 5.36. The van der Waals surface area contributed by atoms with Crippen LogP contribution in [0.4, 0.5) is 0 Å². The fourth-order valence-electron chi connectivity index (χ4n) is 3.32. The predicted octanol–water partition coefficient (Wildman–Crippen LogP) is 5.37. The molecule has 2 aromatic rings. The van der Waals surface area contributed by atoms with Gasteiger partial charge in [0.2, 0.25) is 0 Å². The van der Waals surface area contributed by atoms with Crippen LogP contribution in [0.1, 0.15) is 41.6 Å². The third-order valence-corrected chi connectivity index (χ3v) is 6.43. The summed E-state index contributed by atoms with van der Waals surface area (Å²) in [6.07, 6.45) is 3.44. The van der Waals surface area contributed by atoms with Crippen LogP contribution in [-0.2, 0) is 0 Å². The molecule has 0 atom stereocenters. The molecule has 0 radical (unpaired) electrons. The zero-order valence-corrected chi connectivity index (χ0v) is 18.1. The van der Waals surface area contributed by atoms with Gasteiger partial charge >= 0.3 is 0 Å². The van der Waals surface area contributed by atoms with E-state index in [1.165, 1.54) is 24.2 Å². The van der Waals surface area contributed by atoms with Gasteiger partial charge in [-0.25, -0.2) is 4.98 Å². The maximum Gasteiger partial charge on any atom is 0.265 e. The second kappa shape index (κ2) is 9.37. The molecule has 0 bridgehead atoms. The van der Waals surface area contributed by atoms with E-state index < -0.39 is 0 Å². The van der Waals surface area contributed by atoms with Crippen molar-refractivity contribution in [3.63, 3.8) is 0 Å². The third-order valence-electron chi connectivity index (χ3n) is 4.80. The number of amides is 1. The largest absolute Gasteiger partial charge is 0.337 e. The molecule has 0 spiro atoms. The Labute approximate surface area is 175 Å². The van der Waals surface area contributed by atoms with Crippen LogP contribution in [0.15, 0.2) is 18.2 Å². The number of carbonyl (C=O) groups excluding carboxylic acids is 1. The maximum absolute atomic E-state index is 13.1. The van der Waals surface area contributed by atoms with Crippen LogP contribution >= 0.6 is 34.5 Å². The van der Waals surface area contributed by atoms with Crippen molar-refractivity contribution in [2.45, 2.75) is 33.1 Å². The summed E-state index contributed by atoms with van der Waals surface area (Å²) in [5.74, 6) is 0.0849. The van der Waals surface area contributed by atoms with E-state index in [0.29, 0.717) is 14.9 Å². The van der Waals surface area contributed by atoms with Gasteiger partial charge in [-0.15, -0.1) is 11.3 Å². The van der Waals surface area contributed by atoms with Crippen molar-refractivity contribution in [2.24, 2.45) is 0 Å². The third kappa shape index (κ3) is 5.23. The lowest BCUT2D eigenvalue weighted by molar-refractivity contribution is 0.0765. The average Bonchev–Trinajstić information content (AvgIpc) is 2.86. The van der Waals surface area contributed by atoms with Crippen LogP contribution < -0.4 is 0 Å². The van der Waals surface area contributed by atoms with Crippen molar-refractivity contribution < 1.29 is 4.79 Å². The molecule has 4 nitrogen and oxygen atoms in total. The van der Waals surface area contributed by atoms with Crippen LogP contribution in [-0.4, -0.2) is 53.4 Å². The van der Waals surface area contributed by atoms with Gasteiger partial charge in [-0.3, -0.25) is 4.79 Å². The Hall–Kier alpha value is -1.14. The van der Waals surface area contributed by atoms with E-state index in [1.54, 1.807) is 6.07 Å². The van der Waals surface area contributed by atoms with E-state index in [1.807, 2.05) is 24.0 Å². The molecule has 1 aromatic heterocycles. The van der Waals surface area contributed by atoms with Gasteiger partial charge in [0, 0.05) is 35.2 Å². The Balaban J connectivity index is 1.74. The first kappa shape index (κ1) is 20.6. The number of nitrogens with zero attached hydrogens (tertiary/aromatic N) is 3. The monoisotopic (exact) mass is 425 g/mol. The van der Waals surface area contributed by atoms with Gasteiger partial charge in [0.25, 0.3) is 5.91 Å². The topological polar surface area (TPSA) is 36.4 Å². The molecule has 1 aliphatic heterocycles. The molecule has 1 saturated heterocycles. The molecule has 1 aliphatic rings. The molecule has 0 saturated carbocycles. The Bertz CT molecular complexity index is 788. The highest BCUT2D eigenvalue weighted by Gasteiger charge is 2.24. The van der Waals surface area contributed by atoms with Crippen LogP contribution in [0.3, 0.4) is 0 Å². The normalized spacial score (nSPS) is 15.8. The Kier molecular flexibility index (Phi) is 7.15. The number of rotatable bonds is 5. The number of hydrogen-bond donors (Lipinski definition) is 0. The minimum absolute atomic E-state index is 0.0849. The highest BCUT2D eigenvalue weighted by Crippen LogP contribution is 2.32. The minimum Gasteiger partial charge on any atom is -0.337 e. The fraction of sp³-hybridized carbons (Fsp3) is 0.500. The van der Waals surface area contributed by atoms with Crippen LogP contribution in [0.25, 0.3) is 10.6 Å². The zero-order chi connectivity index (χ0) is 19.4. The Morgan fingerprint density at radius 1 is 1.15 bits per heavy atom. The molecule has 7 heteroatoms. The molecule has 0 unspecified atom stereocenters. The lowest BCUT2D eigenvalue weighted by Crippen LogP contribution is -2.35. The molecule has 0 aliphatic carbocycles. The van der Waals surface area contributed by atoms with Gasteiger partial charge in [0.1, 0.15) is 9.88 Å². The predicted molar refractivity (Wildman–Crippen MR) is 114 cm³/mol. The van der Waals surface area contributed by atoms with Crippen molar-refractivity contribution in [3.05, 3.63) is 38.8 Å². The number of aryl methyl sites for hydroxylation is 1. The van der Waals surface area contributed by atoms with Crippen LogP contribution in [0.5, 0.6) is 0 Å². The number of carbonyl (C=O) groups is 1. The molecule has 1 fully saturated rings. The minimum atomic E-state index is 0.0849. The average molecular weight is 426 g/mol. The van der Waals surface area contributed by atoms with E-state index in [-0.39, 0.29) is 5.91 Å². The van der Waals surface area contributed by atoms with Crippen molar-refractivity contribution in [3.8, 4) is 10.6 Å². The van der Waals surface area contributed by atoms with Crippen molar-refractivity contribution >= 4 is 40.4 Å². The van der Waals surface area contributed by atoms with Crippen LogP contribution in [0.2, 0.25) is 10.0 Å². The number of aromatic nitrogens is 1. The SMILES string of the molecule is CCCCN1CCCN(C(=O)c2sc(-c3cc(Cl)cc(Cl)c3)nc2C)CC1. The molecule has 0 N–H and O–H groups in total. The van der Waals surface area contributed by atoms with E-state index >= 15 is 0 Å². The number of halogens is 2. The first-order chi connectivity index (χ1) is 13.0.